The number of hydrazine groups is 1. The van der Waals surface area contributed by atoms with E-state index in [0.29, 0.717) is 13.0 Å². The van der Waals surface area contributed by atoms with Crippen LogP contribution in [0.3, 0.4) is 0 Å². The lowest BCUT2D eigenvalue weighted by molar-refractivity contribution is -0.134. The Morgan fingerprint density at radius 3 is 2.54 bits per heavy atom. The van der Waals surface area contributed by atoms with Crippen LogP contribution in [-0.2, 0) is 11.3 Å². The molecule has 0 bridgehead atoms. The fourth-order valence-electron chi connectivity index (χ4n) is 3.41. The topological polar surface area (TPSA) is 44.8 Å². The highest BCUT2D eigenvalue weighted by Crippen LogP contribution is 2.31. The van der Waals surface area contributed by atoms with Gasteiger partial charge in [-0.15, -0.1) is 0 Å². The van der Waals surface area contributed by atoms with E-state index in [9.17, 15) is 9.18 Å². The van der Waals surface area contributed by atoms with Crippen molar-refractivity contribution in [2.45, 2.75) is 25.0 Å². The Morgan fingerprint density at radius 2 is 1.85 bits per heavy atom. The molecule has 1 saturated heterocycles. The molecule has 2 aromatic rings. The van der Waals surface area contributed by atoms with Crippen LogP contribution in [0.1, 0.15) is 23.6 Å². The Balaban J connectivity index is 1.45. The zero-order valence-corrected chi connectivity index (χ0v) is 14.4. The lowest BCUT2D eigenvalue weighted by Crippen LogP contribution is -2.47. The number of hydrogen-bond acceptors (Lipinski definition) is 4. The highest BCUT2D eigenvalue weighted by atomic mass is 19.1. The second kappa shape index (κ2) is 6.80. The molecule has 6 heteroatoms. The molecule has 1 amide bonds. The number of carbonyl (C=O) groups is 1. The molecule has 2 heterocycles. The molecule has 0 spiro atoms. The van der Waals surface area contributed by atoms with Gasteiger partial charge >= 0.3 is 0 Å². The van der Waals surface area contributed by atoms with E-state index in [-0.39, 0.29) is 23.8 Å². The summed E-state index contributed by atoms with van der Waals surface area (Å²) in [4.78, 5) is 14.6. The highest BCUT2D eigenvalue weighted by molar-refractivity contribution is 5.84. The van der Waals surface area contributed by atoms with Crippen LogP contribution in [0.4, 0.5) is 4.39 Å². The summed E-state index contributed by atoms with van der Waals surface area (Å²) < 4.78 is 18.3. The summed E-state index contributed by atoms with van der Waals surface area (Å²) in [6.45, 7) is 0.519. The highest BCUT2D eigenvalue weighted by Gasteiger charge is 2.39. The molecule has 26 heavy (non-hydrogen) atoms. The number of rotatable bonds is 4. The quantitative estimate of drug-likeness (QED) is 0.918. The summed E-state index contributed by atoms with van der Waals surface area (Å²) in [5.41, 5.74) is 5.33. The molecule has 2 aromatic carbocycles. The Bertz CT molecular complexity index is 820. The molecule has 0 radical (unpaired) electrons. The van der Waals surface area contributed by atoms with Crippen LogP contribution in [0.2, 0.25) is 0 Å². The van der Waals surface area contributed by atoms with Crippen molar-refractivity contribution in [3.63, 3.8) is 0 Å². The Morgan fingerprint density at radius 1 is 1.12 bits per heavy atom. The fourth-order valence-corrected chi connectivity index (χ4v) is 3.41. The molecule has 2 atom stereocenters. The number of nitrogens with zero attached hydrogens (tertiary/aromatic N) is 2. The third kappa shape index (κ3) is 3.15. The van der Waals surface area contributed by atoms with Crippen LogP contribution in [0.25, 0.3) is 0 Å². The van der Waals surface area contributed by atoms with E-state index in [4.69, 9.17) is 4.74 Å². The van der Waals surface area contributed by atoms with Crippen LogP contribution in [0.5, 0.6) is 5.75 Å². The van der Waals surface area contributed by atoms with E-state index in [2.05, 4.69) is 5.43 Å². The average molecular weight is 353 g/mol. The van der Waals surface area contributed by atoms with E-state index >= 15 is 0 Å². The Kier molecular flexibility index (Phi) is 4.34. The lowest BCUT2D eigenvalue weighted by Gasteiger charge is -2.31. The van der Waals surface area contributed by atoms with Gasteiger partial charge in [-0.1, -0.05) is 24.3 Å². The fraction of sp³-hybridized carbons (Fsp3) is 0.250. The summed E-state index contributed by atoms with van der Waals surface area (Å²) in [7, 11) is 1.63. The summed E-state index contributed by atoms with van der Waals surface area (Å²) in [6.07, 6.45) is 4.33. The molecule has 2 aliphatic rings. The third-order valence-electron chi connectivity index (χ3n) is 4.86. The second-order valence-electron chi connectivity index (χ2n) is 6.50. The first-order valence-electron chi connectivity index (χ1n) is 8.56. The van der Waals surface area contributed by atoms with Gasteiger partial charge in [-0.05, 0) is 41.8 Å². The van der Waals surface area contributed by atoms with Crippen molar-refractivity contribution in [3.05, 3.63) is 77.9 Å². The van der Waals surface area contributed by atoms with Crippen molar-refractivity contribution >= 4 is 5.91 Å². The molecule has 4 rings (SSSR count). The maximum atomic E-state index is 13.1. The second-order valence-corrected chi connectivity index (χ2v) is 6.50. The van der Waals surface area contributed by atoms with Crippen molar-refractivity contribution in [2.75, 3.05) is 7.11 Å². The van der Waals surface area contributed by atoms with Crippen LogP contribution in [0.15, 0.2) is 60.9 Å². The maximum absolute atomic E-state index is 13.1. The average Bonchev–Trinajstić information content (AvgIpc) is 3.10. The number of hydrogen-bond donors (Lipinski definition) is 1. The van der Waals surface area contributed by atoms with Crippen molar-refractivity contribution < 1.29 is 13.9 Å². The molecule has 0 aromatic heterocycles. The van der Waals surface area contributed by atoms with Crippen LogP contribution in [0, 0.1) is 5.82 Å². The van der Waals surface area contributed by atoms with E-state index in [1.54, 1.807) is 30.3 Å². The van der Waals surface area contributed by atoms with E-state index in [1.807, 2.05) is 35.5 Å². The molecule has 0 saturated carbocycles. The molecular weight excluding hydrogens is 333 g/mol. The van der Waals surface area contributed by atoms with Crippen LogP contribution >= 0.6 is 0 Å². The SMILES string of the molecule is COc1ccc(CN2C=CN3NC(c4ccc(F)cc4)CC3C2=O)cc1. The standard InChI is InChI=1S/C20H20FN3O2/c1-26-17-8-2-14(3-9-17)13-23-10-11-24-19(20(23)25)12-18(22-24)15-4-6-16(21)7-5-15/h2-11,18-19,22H,12-13H2,1H3. The summed E-state index contributed by atoms with van der Waals surface area (Å²) in [6, 6.07) is 13.8. The minimum atomic E-state index is -0.258. The Hall–Kier alpha value is -2.86. The van der Waals surface area contributed by atoms with Crippen molar-refractivity contribution in [2.24, 2.45) is 0 Å². The maximum Gasteiger partial charge on any atom is 0.251 e. The minimum absolute atomic E-state index is 0.00450. The van der Waals surface area contributed by atoms with Gasteiger partial charge in [0, 0.05) is 12.4 Å². The molecule has 134 valence electrons. The number of amides is 1. The van der Waals surface area contributed by atoms with Crippen molar-refractivity contribution in [3.8, 4) is 5.75 Å². The van der Waals surface area contributed by atoms with Gasteiger partial charge in [0.25, 0.3) is 5.91 Å². The summed E-state index contributed by atoms with van der Waals surface area (Å²) >= 11 is 0. The molecule has 1 N–H and O–H groups in total. The number of nitrogens with one attached hydrogen (secondary N) is 1. The van der Waals surface area contributed by atoms with Crippen LogP contribution < -0.4 is 10.2 Å². The molecule has 5 nitrogen and oxygen atoms in total. The number of methoxy groups -OCH3 is 1. The van der Waals surface area contributed by atoms with Gasteiger partial charge in [0.05, 0.1) is 19.7 Å². The number of ether oxygens (including phenoxy) is 1. The van der Waals surface area contributed by atoms with Gasteiger partial charge in [0.15, 0.2) is 0 Å². The van der Waals surface area contributed by atoms with Crippen molar-refractivity contribution in [1.82, 2.24) is 15.3 Å². The monoisotopic (exact) mass is 353 g/mol. The van der Waals surface area contributed by atoms with Gasteiger partial charge in [0.1, 0.15) is 17.6 Å². The largest absolute Gasteiger partial charge is 0.497 e. The molecule has 1 fully saturated rings. The number of carbonyl (C=O) groups excluding carboxylic acids is 1. The molecule has 2 aliphatic heterocycles. The first kappa shape index (κ1) is 16.6. The number of fused-ring (bicyclic) bond motifs is 1. The molecule has 2 unspecified atom stereocenters. The molecule has 0 aliphatic carbocycles. The third-order valence-corrected chi connectivity index (χ3v) is 4.86. The predicted molar refractivity (Wildman–Crippen MR) is 95.2 cm³/mol. The van der Waals surface area contributed by atoms with Crippen molar-refractivity contribution in [1.29, 1.82) is 0 Å². The minimum Gasteiger partial charge on any atom is -0.497 e. The van der Waals surface area contributed by atoms with E-state index in [0.717, 1.165) is 16.9 Å². The summed E-state index contributed by atoms with van der Waals surface area (Å²) in [5, 5.41) is 1.85. The van der Waals surface area contributed by atoms with Gasteiger partial charge in [-0.25, -0.2) is 9.82 Å². The zero-order chi connectivity index (χ0) is 18.1. The van der Waals surface area contributed by atoms with E-state index < -0.39 is 0 Å². The van der Waals surface area contributed by atoms with Gasteiger partial charge in [-0.3, -0.25) is 4.79 Å². The summed E-state index contributed by atoms with van der Waals surface area (Å²) in [5.74, 6) is 0.592. The smallest absolute Gasteiger partial charge is 0.251 e. The van der Waals surface area contributed by atoms with E-state index in [1.165, 1.54) is 12.1 Å². The lowest BCUT2D eigenvalue weighted by atomic mass is 10.0. The predicted octanol–water partition coefficient (Wildman–Crippen LogP) is 2.97. The Labute approximate surface area is 151 Å². The van der Waals surface area contributed by atoms with Gasteiger partial charge in [-0.2, -0.15) is 0 Å². The number of benzene rings is 2. The first-order chi connectivity index (χ1) is 12.6. The van der Waals surface area contributed by atoms with Gasteiger partial charge in [0.2, 0.25) is 0 Å². The molecular formula is C20H20FN3O2. The normalized spacial score (nSPS) is 21.8. The van der Waals surface area contributed by atoms with Gasteiger partial charge < -0.3 is 14.6 Å². The van der Waals surface area contributed by atoms with Crippen LogP contribution in [-0.4, -0.2) is 29.0 Å². The number of halogens is 1. The first-order valence-corrected chi connectivity index (χ1v) is 8.56. The zero-order valence-electron chi connectivity index (χ0n) is 14.4.